The van der Waals surface area contributed by atoms with E-state index >= 15 is 0 Å². The van der Waals surface area contributed by atoms with Crippen molar-refractivity contribution < 1.29 is 17.9 Å². The van der Waals surface area contributed by atoms with E-state index in [0.29, 0.717) is 32.0 Å². The van der Waals surface area contributed by atoms with E-state index in [-0.39, 0.29) is 17.3 Å². The van der Waals surface area contributed by atoms with Gasteiger partial charge in [-0.15, -0.1) is 0 Å². The Morgan fingerprint density at radius 2 is 1.72 bits per heavy atom. The number of para-hydroxylation sites is 1. The minimum Gasteiger partial charge on any atom is -0.379 e. The van der Waals surface area contributed by atoms with Crippen molar-refractivity contribution in [3.63, 3.8) is 0 Å². The standard InChI is InChI=1S/C21H27N3O4S/c1-18-7-9-20(10-8-18)29(26,27)24(19-5-3-2-4-6-19)17-21(25)22-11-12-23-13-15-28-16-14-23/h2-10H,11-17H2,1H3,(H,22,25). The molecule has 0 saturated carbocycles. The lowest BCUT2D eigenvalue weighted by Gasteiger charge is -2.27. The highest BCUT2D eigenvalue weighted by Crippen LogP contribution is 2.23. The summed E-state index contributed by atoms with van der Waals surface area (Å²) in [4.78, 5) is 14.9. The second-order valence-corrected chi connectivity index (χ2v) is 8.83. The molecular formula is C21H27N3O4S. The Morgan fingerprint density at radius 3 is 2.38 bits per heavy atom. The summed E-state index contributed by atoms with van der Waals surface area (Å²) in [5.74, 6) is -0.335. The molecule has 1 N–H and O–H groups in total. The van der Waals surface area contributed by atoms with Crippen LogP contribution in [0.4, 0.5) is 5.69 Å². The van der Waals surface area contributed by atoms with Gasteiger partial charge in [-0.05, 0) is 31.2 Å². The molecule has 156 valence electrons. The van der Waals surface area contributed by atoms with Gasteiger partial charge >= 0.3 is 0 Å². The van der Waals surface area contributed by atoms with Gasteiger partial charge in [0.2, 0.25) is 5.91 Å². The molecule has 1 amide bonds. The molecule has 2 aromatic rings. The summed E-state index contributed by atoms with van der Waals surface area (Å²) in [5, 5.41) is 2.84. The van der Waals surface area contributed by atoms with Crippen molar-refractivity contribution in [2.24, 2.45) is 0 Å². The average Bonchev–Trinajstić information content (AvgIpc) is 2.73. The van der Waals surface area contributed by atoms with E-state index in [9.17, 15) is 13.2 Å². The van der Waals surface area contributed by atoms with Gasteiger partial charge in [-0.1, -0.05) is 35.9 Å². The number of hydrogen-bond donors (Lipinski definition) is 1. The summed E-state index contributed by atoms with van der Waals surface area (Å²) in [6.45, 7) is 5.88. The number of sulfonamides is 1. The quantitative estimate of drug-likeness (QED) is 0.706. The number of nitrogens with zero attached hydrogens (tertiary/aromatic N) is 2. The van der Waals surface area contributed by atoms with Gasteiger partial charge in [-0.3, -0.25) is 14.0 Å². The van der Waals surface area contributed by atoms with Gasteiger partial charge < -0.3 is 10.1 Å². The molecule has 0 aromatic heterocycles. The van der Waals surface area contributed by atoms with Crippen LogP contribution in [-0.4, -0.2) is 65.2 Å². The smallest absolute Gasteiger partial charge is 0.264 e. The van der Waals surface area contributed by atoms with Crippen LogP contribution in [0.1, 0.15) is 5.56 Å². The summed E-state index contributed by atoms with van der Waals surface area (Å²) >= 11 is 0. The number of benzene rings is 2. The van der Waals surface area contributed by atoms with Crippen LogP contribution in [0, 0.1) is 6.92 Å². The summed E-state index contributed by atoms with van der Waals surface area (Å²) < 4.78 is 32.9. The molecule has 8 heteroatoms. The highest BCUT2D eigenvalue weighted by Gasteiger charge is 2.27. The number of carbonyl (C=O) groups is 1. The van der Waals surface area contributed by atoms with Crippen molar-refractivity contribution in [1.29, 1.82) is 0 Å². The van der Waals surface area contributed by atoms with Crippen LogP contribution in [0.15, 0.2) is 59.5 Å². The molecule has 1 aliphatic heterocycles. The summed E-state index contributed by atoms with van der Waals surface area (Å²) in [6, 6.07) is 15.3. The number of amides is 1. The molecule has 0 bridgehead atoms. The third-order valence-electron chi connectivity index (χ3n) is 4.79. The molecule has 0 aliphatic carbocycles. The van der Waals surface area contributed by atoms with Crippen molar-refractivity contribution in [3.8, 4) is 0 Å². The van der Waals surface area contributed by atoms with Crippen LogP contribution < -0.4 is 9.62 Å². The number of ether oxygens (including phenoxy) is 1. The number of morpholine rings is 1. The Hall–Kier alpha value is -2.42. The Bertz CT molecular complexity index is 895. The van der Waals surface area contributed by atoms with E-state index in [2.05, 4.69) is 10.2 Å². The van der Waals surface area contributed by atoms with Gasteiger partial charge in [0.25, 0.3) is 10.0 Å². The number of carbonyl (C=O) groups excluding carboxylic acids is 1. The fraction of sp³-hybridized carbons (Fsp3) is 0.381. The van der Waals surface area contributed by atoms with Crippen LogP contribution in [0.5, 0.6) is 0 Å². The molecule has 2 aromatic carbocycles. The zero-order chi connectivity index (χ0) is 20.7. The van der Waals surface area contributed by atoms with Gasteiger partial charge in [0.15, 0.2) is 0 Å². The predicted molar refractivity (Wildman–Crippen MR) is 112 cm³/mol. The van der Waals surface area contributed by atoms with Crippen molar-refractivity contribution in [1.82, 2.24) is 10.2 Å². The van der Waals surface area contributed by atoms with Crippen molar-refractivity contribution in [2.75, 3.05) is 50.2 Å². The van der Waals surface area contributed by atoms with Crippen LogP contribution >= 0.6 is 0 Å². The zero-order valence-corrected chi connectivity index (χ0v) is 17.4. The topological polar surface area (TPSA) is 79.0 Å². The zero-order valence-electron chi connectivity index (χ0n) is 16.6. The molecular weight excluding hydrogens is 390 g/mol. The molecule has 29 heavy (non-hydrogen) atoms. The molecule has 1 fully saturated rings. The SMILES string of the molecule is Cc1ccc(S(=O)(=O)N(CC(=O)NCCN2CCOCC2)c2ccccc2)cc1. The van der Waals surface area contributed by atoms with Gasteiger partial charge in [-0.25, -0.2) is 8.42 Å². The number of hydrogen-bond acceptors (Lipinski definition) is 5. The minimum absolute atomic E-state index is 0.160. The molecule has 1 heterocycles. The second-order valence-electron chi connectivity index (χ2n) is 6.96. The minimum atomic E-state index is -3.87. The van der Waals surface area contributed by atoms with Crippen molar-refractivity contribution in [3.05, 3.63) is 60.2 Å². The monoisotopic (exact) mass is 417 g/mol. The molecule has 1 saturated heterocycles. The van der Waals surface area contributed by atoms with Gasteiger partial charge in [0, 0.05) is 26.2 Å². The van der Waals surface area contributed by atoms with E-state index in [0.717, 1.165) is 23.0 Å². The highest BCUT2D eigenvalue weighted by molar-refractivity contribution is 7.92. The number of anilines is 1. The van der Waals surface area contributed by atoms with E-state index < -0.39 is 10.0 Å². The first kappa shape index (κ1) is 21.3. The van der Waals surface area contributed by atoms with Crippen LogP contribution in [0.2, 0.25) is 0 Å². The van der Waals surface area contributed by atoms with Crippen LogP contribution in [0.3, 0.4) is 0 Å². The Balaban J connectivity index is 1.70. The maximum Gasteiger partial charge on any atom is 0.264 e. The van der Waals surface area contributed by atoms with E-state index in [4.69, 9.17) is 4.74 Å². The van der Waals surface area contributed by atoms with E-state index in [1.807, 2.05) is 13.0 Å². The molecule has 0 radical (unpaired) electrons. The molecule has 0 atom stereocenters. The first-order valence-corrected chi connectivity index (χ1v) is 11.1. The summed E-state index contributed by atoms with van der Waals surface area (Å²) in [5.41, 5.74) is 1.42. The first-order chi connectivity index (χ1) is 14.0. The Morgan fingerprint density at radius 1 is 1.07 bits per heavy atom. The third kappa shape index (κ3) is 5.79. The summed E-state index contributed by atoms with van der Waals surface area (Å²) in [7, 11) is -3.87. The van der Waals surface area contributed by atoms with Crippen molar-refractivity contribution in [2.45, 2.75) is 11.8 Å². The second kappa shape index (κ2) is 9.87. The number of rotatable bonds is 8. The Kier molecular flexibility index (Phi) is 7.24. The summed E-state index contributed by atoms with van der Waals surface area (Å²) in [6.07, 6.45) is 0. The van der Waals surface area contributed by atoms with Crippen LogP contribution in [0.25, 0.3) is 0 Å². The molecule has 0 unspecified atom stereocenters. The molecule has 3 rings (SSSR count). The fourth-order valence-electron chi connectivity index (χ4n) is 3.11. The fourth-order valence-corrected chi connectivity index (χ4v) is 4.53. The highest BCUT2D eigenvalue weighted by atomic mass is 32.2. The normalized spacial score (nSPS) is 15.1. The van der Waals surface area contributed by atoms with Gasteiger partial charge in [0.05, 0.1) is 23.8 Å². The first-order valence-electron chi connectivity index (χ1n) is 9.68. The number of nitrogens with one attached hydrogen (secondary N) is 1. The largest absolute Gasteiger partial charge is 0.379 e. The average molecular weight is 418 g/mol. The molecule has 1 aliphatic rings. The van der Waals surface area contributed by atoms with Gasteiger partial charge in [-0.2, -0.15) is 0 Å². The third-order valence-corrected chi connectivity index (χ3v) is 6.58. The van der Waals surface area contributed by atoms with Gasteiger partial charge in [0.1, 0.15) is 6.54 Å². The van der Waals surface area contributed by atoms with E-state index in [1.165, 1.54) is 0 Å². The number of aryl methyl sites for hydroxylation is 1. The predicted octanol–water partition coefficient (Wildman–Crippen LogP) is 1.64. The van der Waals surface area contributed by atoms with Crippen LogP contribution in [-0.2, 0) is 19.6 Å². The van der Waals surface area contributed by atoms with E-state index in [1.54, 1.807) is 48.5 Å². The molecule has 0 spiro atoms. The van der Waals surface area contributed by atoms with Crippen molar-refractivity contribution >= 4 is 21.6 Å². The maximum absolute atomic E-state index is 13.2. The lowest BCUT2D eigenvalue weighted by Crippen LogP contribution is -2.44. The lowest BCUT2D eigenvalue weighted by atomic mass is 10.2. The maximum atomic E-state index is 13.2. The lowest BCUT2D eigenvalue weighted by molar-refractivity contribution is -0.119. The Labute approximate surface area is 172 Å². The molecule has 7 nitrogen and oxygen atoms in total.